The van der Waals surface area contributed by atoms with Crippen molar-refractivity contribution in [3.63, 3.8) is 0 Å². The van der Waals surface area contributed by atoms with Gasteiger partial charge in [0.05, 0.1) is 12.8 Å². The maximum absolute atomic E-state index is 10.7. The van der Waals surface area contributed by atoms with Crippen LogP contribution in [0.15, 0.2) is 73.2 Å². The Morgan fingerprint density at radius 1 is 0.879 bits per heavy atom. The summed E-state index contributed by atoms with van der Waals surface area (Å²) in [6.45, 7) is 6.96. The van der Waals surface area contributed by atoms with Gasteiger partial charge in [-0.05, 0) is 56.2 Å². The van der Waals surface area contributed by atoms with E-state index in [0.717, 1.165) is 11.1 Å². The van der Waals surface area contributed by atoms with Gasteiger partial charge in [0.25, 0.3) is 0 Å². The summed E-state index contributed by atoms with van der Waals surface area (Å²) in [4.78, 5) is 8.43. The lowest BCUT2D eigenvalue weighted by Crippen LogP contribution is -1.99. The quantitative estimate of drug-likeness (QED) is 0.348. The SMILES string of the molecule is CCOc1ccccc1Oc1cncnc1-c1ccc(OCc2cc(C)ccc2C)cc1O. The molecule has 0 aliphatic rings. The fourth-order valence-electron chi connectivity index (χ4n) is 3.44. The van der Waals surface area contributed by atoms with Crippen LogP contribution in [0.25, 0.3) is 11.3 Å². The second-order valence-electron chi connectivity index (χ2n) is 7.61. The molecule has 4 rings (SSSR count). The molecule has 4 aromatic rings. The highest BCUT2D eigenvalue weighted by molar-refractivity contribution is 5.73. The Kier molecular flexibility index (Phi) is 6.74. The number of aromatic nitrogens is 2. The highest BCUT2D eigenvalue weighted by Gasteiger charge is 2.16. The molecule has 168 valence electrons. The maximum atomic E-state index is 10.7. The summed E-state index contributed by atoms with van der Waals surface area (Å²) in [5.41, 5.74) is 4.43. The lowest BCUT2D eigenvalue weighted by atomic mass is 10.1. The largest absolute Gasteiger partial charge is 0.507 e. The standard InChI is InChI=1S/C27H26N2O4/c1-4-31-24-7-5-6-8-25(24)33-26-15-28-17-29-27(26)22-12-11-21(14-23(22)30)32-16-20-13-18(2)9-10-19(20)3/h5-15,17,30H,4,16H2,1-3H3. The van der Waals surface area contributed by atoms with Crippen LogP contribution < -0.4 is 14.2 Å². The number of phenolic OH excluding ortho intramolecular Hbond substituents is 1. The monoisotopic (exact) mass is 442 g/mol. The zero-order valence-electron chi connectivity index (χ0n) is 18.9. The van der Waals surface area contributed by atoms with Crippen LogP contribution >= 0.6 is 0 Å². The molecule has 0 saturated carbocycles. The van der Waals surface area contributed by atoms with E-state index in [1.54, 1.807) is 24.4 Å². The van der Waals surface area contributed by atoms with Gasteiger partial charge in [-0.2, -0.15) is 0 Å². The maximum Gasteiger partial charge on any atom is 0.172 e. The summed E-state index contributed by atoms with van der Waals surface area (Å²) in [6, 6.07) is 18.8. The van der Waals surface area contributed by atoms with E-state index in [4.69, 9.17) is 14.2 Å². The number of hydrogen-bond acceptors (Lipinski definition) is 6. The molecular formula is C27H26N2O4. The zero-order valence-corrected chi connectivity index (χ0v) is 18.9. The number of benzene rings is 3. The molecule has 0 saturated heterocycles. The Morgan fingerprint density at radius 3 is 2.48 bits per heavy atom. The molecular weight excluding hydrogens is 416 g/mol. The van der Waals surface area contributed by atoms with E-state index in [9.17, 15) is 5.11 Å². The van der Waals surface area contributed by atoms with Crippen LogP contribution in [0.4, 0.5) is 0 Å². The normalized spacial score (nSPS) is 10.6. The molecule has 0 atom stereocenters. The van der Waals surface area contributed by atoms with Gasteiger partial charge in [-0.15, -0.1) is 0 Å². The molecule has 1 aromatic heterocycles. The topological polar surface area (TPSA) is 73.7 Å². The molecule has 0 radical (unpaired) electrons. The zero-order chi connectivity index (χ0) is 23.2. The number of aryl methyl sites for hydroxylation is 2. The molecule has 0 aliphatic carbocycles. The highest BCUT2D eigenvalue weighted by atomic mass is 16.5. The predicted octanol–water partition coefficient (Wildman–Crippen LogP) is 6.24. The van der Waals surface area contributed by atoms with Crippen LogP contribution in [0.5, 0.6) is 28.7 Å². The highest BCUT2D eigenvalue weighted by Crippen LogP contribution is 2.39. The second-order valence-corrected chi connectivity index (χ2v) is 7.61. The Bertz CT molecular complexity index is 1260. The lowest BCUT2D eigenvalue weighted by Gasteiger charge is -2.14. The molecule has 6 heteroatoms. The molecule has 0 spiro atoms. The average molecular weight is 443 g/mol. The number of hydrogen-bond donors (Lipinski definition) is 1. The lowest BCUT2D eigenvalue weighted by molar-refractivity contribution is 0.303. The number of ether oxygens (including phenoxy) is 3. The Morgan fingerprint density at radius 2 is 1.70 bits per heavy atom. The van der Waals surface area contributed by atoms with Crippen LogP contribution in [0.2, 0.25) is 0 Å². The van der Waals surface area contributed by atoms with Gasteiger partial charge in [-0.3, -0.25) is 0 Å². The van der Waals surface area contributed by atoms with Crippen LogP contribution in [-0.2, 0) is 6.61 Å². The van der Waals surface area contributed by atoms with Crippen molar-refractivity contribution in [1.82, 2.24) is 9.97 Å². The first-order valence-corrected chi connectivity index (χ1v) is 10.8. The van der Waals surface area contributed by atoms with Gasteiger partial charge in [-0.25, -0.2) is 9.97 Å². The predicted molar refractivity (Wildman–Crippen MR) is 127 cm³/mol. The molecule has 0 unspecified atom stereocenters. The third kappa shape index (κ3) is 5.23. The van der Waals surface area contributed by atoms with E-state index in [0.29, 0.717) is 47.5 Å². The van der Waals surface area contributed by atoms with E-state index in [1.807, 2.05) is 31.2 Å². The Labute approximate surface area is 193 Å². The molecule has 0 amide bonds. The summed E-state index contributed by atoms with van der Waals surface area (Å²) < 4.78 is 17.6. The number of para-hydroxylation sites is 2. The molecule has 6 nitrogen and oxygen atoms in total. The minimum absolute atomic E-state index is 0.0371. The van der Waals surface area contributed by atoms with Crippen LogP contribution in [0.3, 0.4) is 0 Å². The molecule has 0 fully saturated rings. The van der Waals surface area contributed by atoms with Crippen molar-refractivity contribution in [3.05, 3.63) is 89.9 Å². The van der Waals surface area contributed by atoms with Gasteiger partial charge >= 0.3 is 0 Å². The fourth-order valence-corrected chi connectivity index (χ4v) is 3.44. The first-order valence-electron chi connectivity index (χ1n) is 10.8. The number of nitrogens with zero attached hydrogens (tertiary/aromatic N) is 2. The molecule has 3 aromatic carbocycles. The first-order chi connectivity index (χ1) is 16.0. The smallest absolute Gasteiger partial charge is 0.172 e. The van der Waals surface area contributed by atoms with Crippen LogP contribution in [-0.4, -0.2) is 21.7 Å². The number of aromatic hydroxyl groups is 1. The molecule has 1 N–H and O–H groups in total. The first kappa shape index (κ1) is 22.1. The number of rotatable bonds is 8. The summed E-state index contributed by atoms with van der Waals surface area (Å²) >= 11 is 0. The Balaban J connectivity index is 1.57. The van der Waals surface area contributed by atoms with Gasteiger partial charge in [-0.1, -0.05) is 35.9 Å². The van der Waals surface area contributed by atoms with E-state index in [1.165, 1.54) is 11.9 Å². The third-order valence-corrected chi connectivity index (χ3v) is 5.17. The molecule has 1 heterocycles. The molecule has 0 bridgehead atoms. The minimum atomic E-state index is 0.0371. The van der Waals surface area contributed by atoms with Crippen molar-refractivity contribution < 1.29 is 19.3 Å². The summed E-state index contributed by atoms with van der Waals surface area (Å²) in [6.07, 6.45) is 2.98. The second kappa shape index (κ2) is 10.0. The van der Waals surface area contributed by atoms with Crippen molar-refractivity contribution in [2.45, 2.75) is 27.4 Å². The van der Waals surface area contributed by atoms with Crippen LogP contribution in [0.1, 0.15) is 23.6 Å². The molecule has 0 aliphatic heterocycles. The summed E-state index contributed by atoms with van der Waals surface area (Å²) in [7, 11) is 0. The van der Waals surface area contributed by atoms with Gasteiger partial charge in [0.15, 0.2) is 17.2 Å². The summed E-state index contributed by atoms with van der Waals surface area (Å²) in [5.74, 6) is 2.17. The van der Waals surface area contributed by atoms with E-state index in [2.05, 4.69) is 42.0 Å². The van der Waals surface area contributed by atoms with E-state index >= 15 is 0 Å². The van der Waals surface area contributed by atoms with Gasteiger partial charge in [0, 0.05) is 11.6 Å². The summed E-state index contributed by atoms with van der Waals surface area (Å²) in [5, 5.41) is 10.7. The Hall–Kier alpha value is -4.06. The number of phenols is 1. The average Bonchev–Trinajstić information content (AvgIpc) is 2.82. The van der Waals surface area contributed by atoms with Crippen molar-refractivity contribution >= 4 is 0 Å². The van der Waals surface area contributed by atoms with Crippen molar-refractivity contribution in [2.24, 2.45) is 0 Å². The van der Waals surface area contributed by atoms with Gasteiger partial charge in [0.2, 0.25) is 0 Å². The molecule has 33 heavy (non-hydrogen) atoms. The minimum Gasteiger partial charge on any atom is -0.507 e. The van der Waals surface area contributed by atoms with Crippen molar-refractivity contribution in [1.29, 1.82) is 0 Å². The van der Waals surface area contributed by atoms with Crippen molar-refractivity contribution in [3.8, 4) is 40.0 Å². The van der Waals surface area contributed by atoms with E-state index < -0.39 is 0 Å². The van der Waals surface area contributed by atoms with Gasteiger partial charge in [0.1, 0.15) is 30.1 Å². The van der Waals surface area contributed by atoms with Gasteiger partial charge < -0.3 is 19.3 Å². The fraction of sp³-hybridized carbons (Fsp3) is 0.185. The third-order valence-electron chi connectivity index (χ3n) is 5.17. The van der Waals surface area contributed by atoms with Crippen LogP contribution in [0, 0.1) is 13.8 Å². The van der Waals surface area contributed by atoms with Crippen molar-refractivity contribution in [2.75, 3.05) is 6.61 Å². The van der Waals surface area contributed by atoms with E-state index in [-0.39, 0.29) is 5.75 Å².